The average Bonchev–Trinajstić information content (AvgIpc) is 2.90. The van der Waals surface area contributed by atoms with Crippen LogP contribution in [0.5, 0.6) is 11.5 Å². The molecule has 0 aromatic heterocycles. The van der Waals surface area contributed by atoms with Crippen molar-refractivity contribution < 1.29 is 19.3 Å². The quantitative estimate of drug-likeness (QED) is 0.308. The van der Waals surface area contributed by atoms with E-state index in [9.17, 15) is 0 Å². The molecule has 2 atom stereocenters. The Labute approximate surface area is 215 Å². The zero-order valence-electron chi connectivity index (χ0n) is 21.3. The first-order valence-corrected chi connectivity index (χ1v) is 13.5. The van der Waals surface area contributed by atoms with E-state index in [1.165, 1.54) is 22.3 Å². The molecule has 0 radical (unpaired) electrons. The molecule has 0 unspecified atom stereocenters. The largest absolute Gasteiger partial charge is 0.494 e. The summed E-state index contributed by atoms with van der Waals surface area (Å²) in [5.41, 5.74) is 5.55. The first-order chi connectivity index (χ1) is 17.7. The fraction of sp³-hybridized carbons (Fsp3) is 0.438. The smallest absolute Gasteiger partial charge is 0.119 e. The SMILES string of the molecule is CCCCOc1ccc2c(c1)CC[C@H](c1ccccc1)[C@@H]2c1ccc(O[C@H]2C[C@@H](OCCO)C2)cc1. The van der Waals surface area contributed by atoms with E-state index in [1.807, 2.05) is 0 Å². The summed E-state index contributed by atoms with van der Waals surface area (Å²) in [7, 11) is 0. The fourth-order valence-electron chi connectivity index (χ4n) is 5.61. The molecule has 2 aliphatic carbocycles. The lowest BCUT2D eigenvalue weighted by Gasteiger charge is -2.36. The van der Waals surface area contributed by atoms with Crippen molar-refractivity contribution in [3.63, 3.8) is 0 Å². The van der Waals surface area contributed by atoms with Gasteiger partial charge in [0.05, 0.1) is 25.9 Å². The highest BCUT2D eigenvalue weighted by Crippen LogP contribution is 2.47. The summed E-state index contributed by atoms with van der Waals surface area (Å²) in [6.45, 7) is 3.45. The minimum atomic E-state index is 0.0744. The molecule has 190 valence electrons. The van der Waals surface area contributed by atoms with Crippen LogP contribution in [0.2, 0.25) is 0 Å². The summed E-state index contributed by atoms with van der Waals surface area (Å²) in [5, 5.41) is 8.92. The molecule has 0 saturated heterocycles. The van der Waals surface area contributed by atoms with Crippen LogP contribution in [-0.2, 0) is 11.2 Å². The molecular weight excluding hydrogens is 448 g/mol. The molecule has 0 amide bonds. The molecule has 3 aromatic carbocycles. The second-order valence-electron chi connectivity index (χ2n) is 10.1. The molecule has 0 aliphatic heterocycles. The Morgan fingerprint density at radius 1 is 0.833 bits per heavy atom. The van der Waals surface area contributed by atoms with Gasteiger partial charge in [0, 0.05) is 18.8 Å². The molecule has 0 heterocycles. The summed E-state index contributed by atoms with van der Waals surface area (Å²) in [6, 6.07) is 26.4. The van der Waals surface area contributed by atoms with Gasteiger partial charge in [-0.15, -0.1) is 0 Å². The van der Waals surface area contributed by atoms with Crippen LogP contribution in [0.15, 0.2) is 72.8 Å². The van der Waals surface area contributed by atoms with Crippen molar-refractivity contribution in [2.45, 2.75) is 69.5 Å². The maximum absolute atomic E-state index is 8.92. The monoisotopic (exact) mass is 486 g/mol. The predicted octanol–water partition coefficient (Wildman–Crippen LogP) is 6.65. The van der Waals surface area contributed by atoms with Gasteiger partial charge in [0.15, 0.2) is 0 Å². The van der Waals surface area contributed by atoms with Crippen molar-refractivity contribution >= 4 is 0 Å². The normalized spacial score (nSPS) is 22.9. The first-order valence-electron chi connectivity index (χ1n) is 13.5. The van der Waals surface area contributed by atoms with E-state index >= 15 is 0 Å². The number of aliphatic hydroxyl groups is 1. The highest BCUT2D eigenvalue weighted by molar-refractivity contribution is 5.48. The number of aryl methyl sites for hydroxylation is 1. The molecule has 1 saturated carbocycles. The molecule has 36 heavy (non-hydrogen) atoms. The Morgan fingerprint density at radius 2 is 1.61 bits per heavy atom. The van der Waals surface area contributed by atoms with Crippen LogP contribution < -0.4 is 9.47 Å². The summed E-state index contributed by atoms with van der Waals surface area (Å²) >= 11 is 0. The Hall–Kier alpha value is -2.82. The summed E-state index contributed by atoms with van der Waals surface area (Å²) in [4.78, 5) is 0. The molecule has 3 aromatic rings. The third-order valence-electron chi connectivity index (χ3n) is 7.61. The minimum absolute atomic E-state index is 0.0744. The molecule has 1 N–H and O–H groups in total. The van der Waals surface area contributed by atoms with Gasteiger partial charge in [-0.3, -0.25) is 0 Å². The van der Waals surface area contributed by atoms with Gasteiger partial charge in [-0.2, -0.15) is 0 Å². The zero-order chi connectivity index (χ0) is 24.7. The number of ether oxygens (including phenoxy) is 3. The number of rotatable bonds is 11. The van der Waals surface area contributed by atoms with E-state index in [1.54, 1.807) is 0 Å². The van der Waals surface area contributed by atoms with Crippen molar-refractivity contribution in [1.29, 1.82) is 0 Å². The molecular formula is C32H38O4. The lowest BCUT2D eigenvalue weighted by Crippen LogP contribution is -2.39. The number of aliphatic hydroxyl groups excluding tert-OH is 1. The molecule has 0 bridgehead atoms. The number of fused-ring (bicyclic) bond motifs is 1. The molecule has 2 aliphatic rings. The zero-order valence-corrected chi connectivity index (χ0v) is 21.3. The van der Waals surface area contributed by atoms with E-state index < -0.39 is 0 Å². The lowest BCUT2D eigenvalue weighted by atomic mass is 9.69. The fourth-order valence-corrected chi connectivity index (χ4v) is 5.61. The maximum Gasteiger partial charge on any atom is 0.119 e. The van der Waals surface area contributed by atoms with E-state index in [-0.39, 0.29) is 18.8 Å². The second-order valence-corrected chi connectivity index (χ2v) is 10.1. The van der Waals surface area contributed by atoms with Crippen LogP contribution in [0.1, 0.15) is 73.1 Å². The molecule has 4 heteroatoms. The first kappa shape index (κ1) is 24.9. The third kappa shape index (κ3) is 5.77. The Bertz CT molecular complexity index is 1090. The lowest BCUT2D eigenvalue weighted by molar-refractivity contribution is -0.0688. The van der Waals surface area contributed by atoms with Crippen molar-refractivity contribution in [3.8, 4) is 11.5 Å². The van der Waals surface area contributed by atoms with Gasteiger partial charge in [-0.1, -0.05) is 61.9 Å². The third-order valence-corrected chi connectivity index (χ3v) is 7.61. The summed E-state index contributed by atoms with van der Waals surface area (Å²) < 4.78 is 17.8. The van der Waals surface area contributed by atoms with Gasteiger partial charge < -0.3 is 19.3 Å². The van der Waals surface area contributed by atoms with Crippen molar-refractivity contribution in [1.82, 2.24) is 0 Å². The second kappa shape index (κ2) is 11.9. The number of hydrogen-bond donors (Lipinski definition) is 1. The van der Waals surface area contributed by atoms with E-state index in [4.69, 9.17) is 19.3 Å². The average molecular weight is 487 g/mol. The Balaban J connectivity index is 1.35. The standard InChI is InChI=1S/C32H38O4/c1-2-3-18-34-27-14-16-31-25(20-27)11-15-30(23-7-5-4-6-8-23)32(31)24-9-12-26(13-10-24)36-29-21-28(22-29)35-19-17-33/h4-10,12-14,16,20,28-30,32-33H,2-3,11,15,17-19,21-22H2,1H3/t28-,29+,30-,32+/m1/s1. The number of benzene rings is 3. The van der Waals surface area contributed by atoms with Gasteiger partial charge >= 0.3 is 0 Å². The summed E-state index contributed by atoms with van der Waals surface area (Å²) in [5.74, 6) is 2.64. The van der Waals surface area contributed by atoms with E-state index in [0.29, 0.717) is 18.4 Å². The topological polar surface area (TPSA) is 47.9 Å². The van der Waals surface area contributed by atoms with Gasteiger partial charge in [-0.25, -0.2) is 0 Å². The van der Waals surface area contributed by atoms with Gasteiger partial charge in [0.2, 0.25) is 0 Å². The van der Waals surface area contributed by atoms with Crippen LogP contribution >= 0.6 is 0 Å². The van der Waals surface area contributed by atoms with Crippen molar-refractivity contribution in [2.24, 2.45) is 0 Å². The summed E-state index contributed by atoms with van der Waals surface area (Å²) in [6.07, 6.45) is 6.59. The van der Waals surface area contributed by atoms with E-state index in [2.05, 4.69) is 79.7 Å². The van der Waals surface area contributed by atoms with E-state index in [0.717, 1.165) is 56.6 Å². The van der Waals surface area contributed by atoms with Gasteiger partial charge in [0.25, 0.3) is 0 Å². The van der Waals surface area contributed by atoms with Crippen molar-refractivity contribution in [2.75, 3.05) is 19.8 Å². The highest BCUT2D eigenvalue weighted by Gasteiger charge is 2.33. The van der Waals surface area contributed by atoms with Crippen molar-refractivity contribution in [3.05, 3.63) is 95.1 Å². The van der Waals surface area contributed by atoms with Crippen LogP contribution in [-0.4, -0.2) is 37.1 Å². The van der Waals surface area contributed by atoms with Gasteiger partial charge in [-0.05, 0) is 71.7 Å². The molecule has 4 nitrogen and oxygen atoms in total. The predicted molar refractivity (Wildman–Crippen MR) is 143 cm³/mol. The molecule has 0 spiro atoms. The molecule has 1 fully saturated rings. The number of hydrogen-bond acceptors (Lipinski definition) is 4. The van der Waals surface area contributed by atoms with Crippen LogP contribution in [0, 0.1) is 0 Å². The van der Waals surface area contributed by atoms with Crippen LogP contribution in [0.3, 0.4) is 0 Å². The highest BCUT2D eigenvalue weighted by atomic mass is 16.5. The minimum Gasteiger partial charge on any atom is -0.494 e. The Morgan fingerprint density at radius 3 is 2.36 bits per heavy atom. The molecule has 5 rings (SSSR count). The van der Waals surface area contributed by atoms with Crippen LogP contribution in [0.4, 0.5) is 0 Å². The van der Waals surface area contributed by atoms with Crippen LogP contribution in [0.25, 0.3) is 0 Å². The number of unbranched alkanes of at least 4 members (excludes halogenated alkanes) is 1. The maximum atomic E-state index is 8.92. The Kier molecular flexibility index (Phi) is 8.25. The van der Waals surface area contributed by atoms with Gasteiger partial charge in [0.1, 0.15) is 17.6 Å².